The number of hydrogen-bond donors (Lipinski definition) is 12. The summed E-state index contributed by atoms with van der Waals surface area (Å²) in [5.74, 6) is 2.08. The van der Waals surface area contributed by atoms with Gasteiger partial charge < -0.3 is 56.0 Å². The molecular formula is C75H138B3I3N22O8P2. The Morgan fingerprint density at radius 1 is 0.628 bits per heavy atom. The SMILES string of the molecule is C.C.C1=CN=C(CN2CCNCCN(Cc3ncc[nH]3)CC2)C1.C[C@H](O)CN1CCN(CC(=O)NCc2ccccc2)CCN(C[C@H](C)O)CC1.C[C@H](O)CN1CCN(CC2=NC=CC2)CCN(Cc2ncc[nH]2)CC1.C[C@H](O)CN1CCN(CC2=NCC=C2)CCN(Cc2ccn[nH]2)CC1.[2H]P(I)O[3H].[3H]OB(C)I.[3H]O[B]P.[3H][B]I. The second-order valence-electron chi connectivity index (χ2n) is 28.2. The van der Waals surface area contributed by atoms with Gasteiger partial charge in [-0.3, -0.25) is 78.8 Å². The van der Waals surface area contributed by atoms with Crippen molar-refractivity contribution in [3.8, 4) is 0 Å². The van der Waals surface area contributed by atoms with Crippen molar-refractivity contribution < 1.29 is 40.2 Å². The number of imidazole rings is 2. The van der Waals surface area contributed by atoms with Crippen LogP contribution in [0.15, 0.2) is 119 Å². The minimum Gasteiger partial charge on any atom is -0.450 e. The third-order valence-electron chi connectivity index (χ3n) is 18.5. The highest BCUT2D eigenvalue weighted by Gasteiger charge is 2.24. The van der Waals surface area contributed by atoms with Gasteiger partial charge >= 0.3 is 12.0 Å². The highest BCUT2D eigenvalue weighted by atomic mass is 127. The zero-order valence-corrected chi connectivity index (χ0v) is 74.6. The maximum absolute atomic E-state index is 12.4. The van der Waals surface area contributed by atoms with Gasteiger partial charge in [-0.15, -0.1) is 31.5 Å². The summed E-state index contributed by atoms with van der Waals surface area (Å²) in [6.45, 7) is 42.4. The Hall–Kier alpha value is -2.97. The molecule has 1 aromatic carbocycles. The van der Waals surface area contributed by atoms with E-state index in [1.807, 2.05) is 138 Å². The maximum atomic E-state index is 12.4. The summed E-state index contributed by atoms with van der Waals surface area (Å²) in [4.78, 5) is 70.9. The first-order valence-electron chi connectivity index (χ1n) is 40.9. The number of aliphatic imine (C=N–C) groups is 3. The van der Waals surface area contributed by atoms with E-state index in [0.717, 1.165) is 252 Å². The molecule has 2 unspecified atom stereocenters. The molecule has 7 aliphatic heterocycles. The number of aromatic nitrogens is 6. The molecule has 1 amide bonds. The largest absolute Gasteiger partial charge is 0.450 e. The van der Waals surface area contributed by atoms with Gasteiger partial charge in [0.15, 0.2) is 8.53 Å². The summed E-state index contributed by atoms with van der Waals surface area (Å²) in [6, 6.07) is 11.9. The van der Waals surface area contributed by atoms with Gasteiger partial charge in [-0.2, -0.15) is 27.5 Å². The van der Waals surface area contributed by atoms with E-state index < -0.39 is 6.40 Å². The van der Waals surface area contributed by atoms with Crippen LogP contribution in [0, 0.1) is 0 Å². The van der Waals surface area contributed by atoms with Crippen LogP contribution >= 0.6 is 82.3 Å². The minimum atomic E-state index is -1.21. The van der Waals surface area contributed by atoms with E-state index in [1.54, 1.807) is 42.7 Å². The number of nitrogens with one attached hydrogen (secondary N) is 5. The molecule has 6 atom stereocenters. The van der Waals surface area contributed by atoms with Crippen molar-refractivity contribution in [2.24, 2.45) is 15.0 Å². The van der Waals surface area contributed by atoms with Crippen molar-refractivity contribution in [1.29, 1.82) is 6.91 Å². The lowest BCUT2D eigenvalue weighted by Gasteiger charge is -2.27. The maximum Gasteiger partial charge on any atom is 0.359 e. The summed E-state index contributed by atoms with van der Waals surface area (Å²) in [5.41, 5.74) is 7.17. The molecule has 0 aliphatic carbocycles. The van der Waals surface area contributed by atoms with Gasteiger partial charge in [0, 0.05) is 295 Å². The number of aliphatic hydroxyl groups excluding tert-OH is 4. The normalized spacial score (nSPS) is 20.3. The molecular weight excluding hydrogens is 1810 g/mol. The number of β-amino-alcohol motifs (C(OH)–C–C–N with tert-alkyl or cyclic N) is 4. The van der Waals surface area contributed by atoms with E-state index in [-0.39, 0.29) is 49.9 Å². The van der Waals surface area contributed by atoms with Crippen LogP contribution in [0.25, 0.3) is 0 Å². The van der Waals surface area contributed by atoms with Crippen LogP contribution in [-0.2, 0) is 31.0 Å². The molecule has 10 heterocycles. The highest BCUT2D eigenvalue weighted by molar-refractivity contribution is 14.2. The fourth-order valence-corrected chi connectivity index (χ4v) is 13.1. The Morgan fingerprint density at radius 2 is 1.02 bits per heavy atom. The summed E-state index contributed by atoms with van der Waals surface area (Å²) < 4.78 is 30.6. The molecule has 38 heteroatoms. The van der Waals surface area contributed by atoms with Gasteiger partial charge in [-0.05, 0) is 75.6 Å². The first-order chi connectivity index (χ1) is 56.1. The summed E-state index contributed by atoms with van der Waals surface area (Å²) in [7, 11) is 3.33. The third kappa shape index (κ3) is 52.6. The monoisotopic (exact) mass is 1960 g/mol. The van der Waals surface area contributed by atoms with Crippen LogP contribution in [0.3, 0.4) is 0 Å². The molecule has 11 rings (SSSR count). The molecule has 2 radical (unpaired) electrons. The topological polar surface area (TPSA) is 342 Å². The van der Waals surface area contributed by atoms with Crippen LogP contribution < -0.4 is 10.6 Å². The number of rotatable bonds is 27. The Labute approximate surface area is 730 Å². The number of nitrogens with zero attached hydrogens (tertiary/aromatic N) is 17. The molecule has 4 aromatic rings. The predicted octanol–water partition coefficient (Wildman–Crippen LogP) is 3.60. The molecule has 3 aromatic heterocycles. The quantitative estimate of drug-likeness (QED) is 0.0230. The van der Waals surface area contributed by atoms with Gasteiger partial charge in [-0.1, -0.05) is 63.4 Å². The van der Waals surface area contributed by atoms with E-state index in [1.165, 1.54) is 30.0 Å². The predicted molar refractivity (Wildman–Crippen MR) is 500 cm³/mol. The van der Waals surface area contributed by atoms with Gasteiger partial charge in [0.2, 0.25) is 7.34 Å². The van der Waals surface area contributed by atoms with E-state index in [2.05, 4.69) is 158 Å². The van der Waals surface area contributed by atoms with Gasteiger partial charge in [0.25, 0.3) is 0 Å². The number of halogens is 3. The van der Waals surface area contributed by atoms with Crippen molar-refractivity contribution in [2.45, 2.75) is 113 Å². The van der Waals surface area contributed by atoms with Crippen LogP contribution in [0.2, 0.25) is 6.82 Å². The third-order valence-corrected chi connectivity index (χ3v) is 18.5. The zero-order chi connectivity index (χ0) is 84.3. The second-order valence-corrected chi connectivity index (χ2v) is 31.6. The number of carbonyl (C=O) groups excluding carboxylic acids is 1. The molecule has 0 spiro atoms. The van der Waals surface area contributed by atoms with Crippen molar-refractivity contribution in [3.63, 3.8) is 0 Å². The number of allylic oxidation sites excluding steroid dienone is 2. The number of amides is 1. The second kappa shape index (κ2) is 66.8. The van der Waals surface area contributed by atoms with Crippen LogP contribution in [0.4, 0.5) is 0 Å². The number of carbonyl (C=O) groups is 1. The van der Waals surface area contributed by atoms with E-state index >= 15 is 0 Å². The summed E-state index contributed by atoms with van der Waals surface area (Å²) >= 11 is 5.55. The first kappa shape index (κ1) is 97.2. The lowest BCUT2D eigenvalue weighted by molar-refractivity contribution is -0.122. The number of aromatic amines is 3. The van der Waals surface area contributed by atoms with Crippen LogP contribution in [-0.4, -0.2) is 407 Å². The Kier molecular flexibility index (Phi) is 57.4. The van der Waals surface area contributed by atoms with Crippen LogP contribution in [0.5, 0.6) is 0 Å². The molecule has 0 saturated carbocycles. The summed E-state index contributed by atoms with van der Waals surface area (Å²) in [6.07, 6.45) is 21.0. The first-order valence-corrected chi connectivity index (χ1v) is 45.4. The van der Waals surface area contributed by atoms with Crippen molar-refractivity contribution in [2.75, 3.05) is 216 Å². The molecule has 0 bridgehead atoms. The average molecular weight is 1960 g/mol. The van der Waals surface area contributed by atoms with E-state index in [9.17, 15) is 25.2 Å². The highest BCUT2D eigenvalue weighted by Crippen LogP contribution is 2.13. The number of hydrogen-bond acceptors (Lipinski definition) is 26. The number of benzene rings is 1. The lowest BCUT2D eigenvalue weighted by atomic mass is 10.1. The van der Waals surface area contributed by atoms with Crippen LogP contribution in [0.1, 0.15) is 78.3 Å². The molecule has 636 valence electrons. The Morgan fingerprint density at radius 3 is 1.36 bits per heavy atom. The number of H-pyrrole nitrogens is 3. The molecule has 113 heavy (non-hydrogen) atoms. The zero-order valence-electron chi connectivity index (χ0n) is 71.1. The standard InChI is InChI=1S/C21H36N4O3.2C18H30N6O.C15H24N6.CH4BIO.2CH4.BHI.BH3OP.H2IOP/c1-18(26)15-23-8-9-24(16-19(2)27)11-13-25(12-10-23)17-21(28)22-14-20-6-4-3-5-7-20;1-16(25)13-22-7-9-23(14-17-3-2-5-19-17)11-12-24(10-8-22)15-18-4-6-20-21-18;1-16(25)13-22-7-9-23(14-17-3-2-4-19-17)10-12-24(11-8-22)15-18-20-5-6-21-18;1-2-14(17-3-1)12-20-8-6-16-7-9-21(11-10-20)13-15-18-4-5-19-15;1-2(3)4;;;1-2;2-1-3;1-3-2/h3-7,18-19,26-27H,8-17H2,1-2H3,(H,22,28);2-4,6,16,25H,5,7-15H2,1H3,(H,20,21);2,4-6,16,25H,3,7-15H2,1H3,(H,20,21);1,3-5,16H,2,6-13H2,(H,18,19);4H,1H3;2*1H4;1H;2H,3H2;2-3H/t18-,19-;2*16-;;;;;;;/m000......./s1/i;;;;4T;;;1T;2T;2T,3D. The van der Waals surface area contributed by atoms with Crippen molar-refractivity contribution in [3.05, 3.63) is 127 Å². The van der Waals surface area contributed by atoms with E-state index in [0.29, 0.717) is 26.2 Å². The Balaban J connectivity index is 0.000000498. The van der Waals surface area contributed by atoms with E-state index in [4.69, 9.17) is 6.91 Å². The van der Waals surface area contributed by atoms with Gasteiger partial charge in [0.05, 0.1) is 58.3 Å². The minimum absolute atomic E-state index is 0. The fourth-order valence-electron chi connectivity index (χ4n) is 13.1. The summed E-state index contributed by atoms with van der Waals surface area (Å²) in [5, 5.41) is 60.4. The average Bonchev–Trinajstić information content (AvgIpc) is 1.77. The molecule has 12 N–H and O–H groups in total. The molecule has 4 fully saturated rings. The smallest absolute Gasteiger partial charge is 0.359 e. The van der Waals surface area contributed by atoms with Gasteiger partial charge in [-0.25, -0.2) is 9.97 Å². The van der Waals surface area contributed by atoms with Crippen molar-refractivity contribution in [1.82, 2.24) is 94.7 Å². The molecule has 30 nitrogen and oxygen atoms in total. The fraction of sp³-hybridized carbons (Fsp3) is 0.667. The van der Waals surface area contributed by atoms with Gasteiger partial charge in [0.1, 0.15) is 11.6 Å². The molecule has 7 aliphatic rings. The Bertz CT molecular complexity index is 3240. The molecule has 4 saturated heterocycles. The van der Waals surface area contributed by atoms with Crippen molar-refractivity contribution >= 4 is 123 Å². The lowest BCUT2D eigenvalue weighted by Crippen LogP contribution is -2.43. The number of aliphatic hydroxyl groups is 4.